The van der Waals surface area contributed by atoms with E-state index in [4.69, 9.17) is 9.47 Å². The lowest BCUT2D eigenvalue weighted by molar-refractivity contribution is -0.138. The normalized spacial score (nSPS) is 27.0. The number of amides is 1. The zero-order chi connectivity index (χ0) is 14.5. The number of carbonyl (C=O) groups excluding carboxylic acids is 1. The molecule has 1 atom stereocenters. The van der Waals surface area contributed by atoms with E-state index in [0.717, 1.165) is 58.4 Å². The van der Waals surface area contributed by atoms with Gasteiger partial charge < -0.3 is 19.7 Å². The van der Waals surface area contributed by atoms with E-state index < -0.39 is 0 Å². The summed E-state index contributed by atoms with van der Waals surface area (Å²) >= 11 is 0. The second-order valence-electron chi connectivity index (χ2n) is 6.26. The fourth-order valence-electron chi connectivity index (χ4n) is 3.39. The van der Waals surface area contributed by atoms with Gasteiger partial charge in [0.1, 0.15) is 6.04 Å². The predicted molar refractivity (Wildman–Crippen MR) is 93.7 cm³/mol. The van der Waals surface area contributed by atoms with Crippen LogP contribution in [0, 0.1) is 5.92 Å². The zero-order valence-electron chi connectivity index (χ0n) is 13.6. The van der Waals surface area contributed by atoms with E-state index in [9.17, 15) is 4.79 Å². The van der Waals surface area contributed by atoms with Crippen LogP contribution in [-0.4, -0.2) is 87.4 Å². The van der Waals surface area contributed by atoms with Crippen molar-refractivity contribution < 1.29 is 14.3 Å². The Balaban J connectivity index is 0.00000132. The van der Waals surface area contributed by atoms with Gasteiger partial charge in [-0.25, -0.2) is 0 Å². The molecule has 23 heavy (non-hydrogen) atoms. The Hall–Kier alpha value is -0.110. The lowest BCUT2D eigenvalue weighted by Gasteiger charge is -2.39. The van der Waals surface area contributed by atoms with Crippen LogP contribution < -0.4 is 5.32 Å². The number of nitrogens with one attached hydrogen (secondary N) is 1. The molecule has 1 amide bonds. The van der Waals surface area contributed by atoms with Crippen LogP contribution in [0.15, 0.2) is 0 Å². The minimum absolute atomic E-state index is 0. The Morgan fingerprint density at radius 2 is 1.70 bits per heavy atom. The Bertz CT molecular complexity index is 343. The van der Waals surface area contributed by atoms with Gasteiger partial charge in [-0.2, -0.15) is 0 Å². The highest BCUT2D eigenvalue weighted by molar-refractivity contribution is 5.85. The molecule has 3 fully saturated rings. The van der Waals surface area contributed by atoms with Gasteiger partial charge in [0, 0.05) is 52.5 Å². The summed E-state index contributed by atoms with van der Waals surface area (Å²) in [5, 5.41) is 3.25. The van der Waals surface area contributed by atoms with Crippen molar-refractivity contribution >= 4 is 30.7 Å². The summed E-state index contributed by atoms with van der Waals surface area (Å²) < 4.78 is 10.8. The zero-order valence-corrected chi connectivity index (χ0v) is 15.2. The first kappa shape index (κ1) is 20.9. The van der Waals surface area contributed by atoms with Crippen LogP contribution in [0.1, 0.15) is 12.8 Å². The molecule has 0 aromatic carbocycles. The van der Waals surface area contributed by atoms with E-state index in [2.05, 4.69) is 10.2 Å². The average Bonchev–Trinajstić information content (AvgIpc) is 2.57. The lowest BCUT2D eigenvalue weighted by Crippen LogP contribution is -2.57. The molecular formula is C15H29Cl2N3O3. The van der Waals surface area contributed by atoms with Crippen LogP contribution in [0.3, 0.4) is 0 Å². The van der Waals surface area contributed by atoms with Crippen LogP contribution in [0.5, 0.6) is 0 Å². The monoisotopic (exact) mass is 369 g/mol. The van der Waals surface area contributed by atoms with Crippen molar-refractivity contribution in [3.8, 4) is 0 Å². The Morgan fingerprint density at radius 1 is 1.00 bits per heavy atom. The minimum atomic E-state index is -0.138. The van der Waals surface area contributed by atoms with Crippen molar-refractivity contribution in [2.24, 2.45) is 5.92 Å². The minimum Gasteiger partial charge on any atom is -0.381 e. The molecule has 3 aliphatic heterocycles. The Labute approximate surface area is 151 Å². The topological polar surface area (TPSA) is 54.0 Å². The van der Waals surface area contributed by atoms with Gasteiger partial charge in [0.15, 0.2) is 0 Å². The molecule has 0 spiro atoms. The summed E-state index contributed by atoms with van der Waals surface area (Å²) in [6, 6.07) is -0.138. The smallest absolute Gasteiger partial charge is 0.242 e. The maximum Gasteiger partial charge on any atom is 0.242 e. The van der Waals surface area contributed by atoms with Crippen LogP contribution in [0.2, 0.25) is 0 Å². The predicted octanol–water partition coefficient (Wildman–Crippen LogP) is 0.389. The SMILES string of the molecule is Cl.Cl.O=C(C1COCCN1)N1CCN(CC2CCOCC2)CC1. The highest BCUT2D eigenvalue weighted by Gasteiger charge is 2.29. The van der Waals surface area contributed by atoms with Crippen LogP contribution in [-0.2, 0) is 14.3 Å². The fraction of sp³-hybridized carbons (Fsp3) is 0.933. The van der Waals surface area contributed by atoms with Gasteiger partial charge >= 0.3 is 0 Å². The molecule has 0 aliphatic carbocycles. The first-order valence-corrected chi connectivity index (χ1v) is 8.23. The number of hydrogen-bond acceptors (Lipinski definition) is 5. The standard InChI is InChI=1S/C15H27N3O3.2ClH/c19-15(14-12-21-10-3-16-14)18-6-4-17(5-7-18)11-13-1-8-20-9-2-13;;/h13-14,16H,1-12H2;2*1H. The van der Waals surface area contributed by atoms with Crippen LogP contribution in [0.25, 0.3) is 0 Å². The molecule has 1 unspecified atom stereocenters. The second-order valence-corrected chi connectivity index (χ2v) is 6.26. The molecule has 3 rings (SSSR count). The molecule has 3 saturated heterocycles. The highest BCUT2D eigenvalue weighted by atomic mass is 35.5. The number of morpholine rings is 1. The number of rotatable bonds is 3. The molecule has 0 radical (unpaired) electrons. The van der Waals surface area contributed by atoms with Gasteiger partial charge in [-0.15, -0.1) is 24.8 Å². The Kier molecular flexibility index (Phi) is 9.73. The number of ether oxygens (including phenoxy) is 2. The largest absolute Gasteiger partial charge is 0.381 e. The maximum atomic E-state index is 12.4. The molecule has 0 aromatic heterocycles. The second kappa shape index (κ2) is 10.7. The molecule has 8 heteroatoms. The average molecular weight is 370 g/mol. The number of piperazine rings is 1. The van der Waals surface area contributed by atoms with E-state index in [1.807, 2.05) is 4.90 Å². The van der Waals surface area contributed by atoms with E-state index in [0.29, 0.717) is 13.2 Å². The molecule has 0 saturated carbocycles. The Morgan fingerprint density at radius 3 is 2.30 bits per heavy atom. The summed E-state index contributed by atoms with van der Waals surface area (Å²) in [6.07, 6.45) is 2.37. The number of carbonyl (C=O) groups is 1. The molecule has 1 N–H and O–H groups in total. The number of nitrogens with zero attached hydrogens (tertiary/aromatic N) is 2. The van der Waals surface area contributed by atoms with Gasteiger partial charge in [-0.1, -0.05) is 0 Å². The van der Waals surface area contributed by atoms with Crippen molar-refractivity contribution in [1.29, 1.82) is 0 Å². The molecule has 6 nitrogen and oxygen atoms in total. The third kappa shape index (κ3) is 6.03. The van der Waals surface area contributed by atoms with Crippen molar-refractivity contribution in [3.05, 3.63) is 0 Å². The van der Waals surface area contributed by atoms with Gasteiger partial charge in [-0.3, -0.25) is 9.69 Å². The third-order valence-corrected chi connectivity index (χ3v) is 4.76. The summed E-state index contributed by atoms with van der Waals surface area (Å²) in [7, 11) is 0. The van der Waals surface area contributed by atoms with E-state index >= 15 is 0 Å². The summed E-state index contributed by atoms with van der Waals surface area (Å²) in [5.74, 6) is 0.981. The van der Waals surface area contributed by atoms with Gasteiger partial charge in [-0.05, 0) is 18.8 Å². The van der Waals surface area contributed by atoms with Crippen molar-refractivity contribution in [1.82, 2.24) is 15.1 Å². The summed E-state index contributed by atoms with van der Waals surface area (Å²) in [6.45, 7) is 8.68. The van der Waals surface area contributed by atoms with E-state index in [1.54, 1.807) is 0 Å². The van der Waals surface area contributed by atoms with Crippen LogP contribution in [0.4, 0.5) is 0 Å². The molecule has 0 bridgehead atoms. The first-order chi connectivity index (χ1) is 10.3. The van der Waals surface area contributed by atoms with E-state index in [1.165, 1.54) is 12.8 Å². The molecular weight excluding hydrogens is 341 g/mol. The van der Waals surface area contributed by atoms with Crippen molar-refractivity contribution in [2.45, 2.75) is 18.9 Å². The lowest BCUT2D eigenvalue weighted by atomic mass is 9.99. The first-order valence-electron chi connectivity index (χ1n) is 8.23. The quantitative estimate of drug-likeness (QED) is 0.779. The van der Waals surface area contributed by atoms with Crippen molar-refractivity contribution in [2.75, 3.05) is 65.7 Å². The summed E-state index contributed by atoms with van der Waals surface area (Å²) in [5.41, 5.74) is 0. The van der Waals surface area contributed by atoms with Gasteiger partial charge in [0.05, 0.1) is 13.2 Å². The van der Waals surface area contributed by atoms with E-state index in [-0.39, 0.29) is 36.8 Å². The van der Waals surface area contributed by atoms with Crippen molar-refractivity contribution in [3.63, 3.8) is 0 Å². The third-order valence-electron chi connectivity index (χ3n) is 4.76. The fourth-order valence-corrected chi connectivity index (χ4v) is 3.39. The van der Waals surface area contributed by atoms with Crippen LogP contribution >= 0.6 is 24.8 Å². The molecule has 0 aromatic rings. The number of hydrogen-bond donors (Lipinski definition) is 1. The van der Waals surface area contributed by atoms with Gasteiger partial charge in [0.25, 0.3) is 0 Å². The highest BCUT2D eigenvalue weighted by Crippen LogP contribution is 2.17. The molecule has 136 valence electrons. The molecule has 3 aliphatic rings. The van der Waals surface area contributed by atoms with Gasteiger partial charge in [0.2, 0.25) is 5.91 Å². The molecule has 3 heterocycles. The number of halogens is 2. The summed E-state index contributed by atoms with van der Waals surface area (Å²) in [4.78, 5) is 16.9. The maximum absolute atomic E-state index is 12.4.